The van der Waals surface area contributed by atoms with Crippen molar-refractivity contribution in [1.29, 1.82) is 0 Å². The zero-order valence-corrected chi connectivity index (χ0v) is 12.2. The van der Waals surface area contributed by atoms with E-state index in [1.165, 1.54) is 18.3 Å². The smallest absolute Gasteiger partial charge is 0.416 e. The Hall–Kier alpha value is -2.91. The van der Waals surface area contributed by atoms with Gasteiger partial charge in [-0.2, -0.15) is 13.2 Å². The predicted octanol–water partition coefficient (Wildman–Crippen LogP) is 1.24. The summed E-state index contributed by atoms with van der Waals surface area (Å²) in [5.41, 5.74) is -0.241. The monoisotopic (exact) mass is 342 g/mol. The molecule has 2 aromatic rings. The van der Waals surface area contributed by atoms with E-state index < -0.39 is 23.6 Å². The molecule has 24 heavy (non-hydrogen) atoms. The minimum Gasteiger partial charge on any atom is -0.480 e. The highest BCUT2D eigenvalue weighted by Gasteiger charge is 2.30. The van der Waals surface area contributed by atoms with Gasteiger partial charge in [0.1, 0.15) is 12.2 Å². The minimum absolute atomic E-state index is 0.00257. The molecule has 1 heterocycles. The number of carbonyl (C=O) groups excluding carboxylic acids is 1. The van der Waals surface area contributed by atoms with Crippen LogP contribution in [0.3, 0.4) is 0 Å². The van der Waals surface area contributed by atoms with Crippen LogP contribution in [0.15, 0.2) is 30.5 Å². The Morgan fingerprint density at radius 1 is 1.29 bits per heavy atom. The van der Waals surface area contributed by atoms with Crippen molar-refractivity contribution in [3.05, 3.63) is 47.3 Å². The summed E-state index contributed by atoms with van der Waals surface area (Å²) in [6.45, 7) is -0.359. The van der Waals surface area contributed by atoms with Gasteiger partial charge in [-0.15, -0.1) is 5.10 Å². The van der Waals surface area contributed by atoms with E-state index in [4.69, 9.17) is 5.11 Å². The fourth-order valence-corrected chi connectivity index (χ4v) is 1.93. The molecular formula is C14H13F3N4O3. The van der Waals surface area contributed by atoms with Gasteiger partial charge >= 0.3 is 12.1 Å². The van der Waals surface area contributed by atoms with E-state index in [9.17, 15) is 22.8 Å². The van der Waals surface area contributed by atoms with Crippen LogP contribution in [-0.2, 0) is 35.3 Å². The Kier molecular flexibility index (Phi) is 5.17. The molecule has 0 aliphatic heterocycles. The third-order valence-electron chi connectivity index (χ3n) is 2.97. The van der Waals surface area contributed by atoms with E-state index in [1.54, 1.807) is 0 Å². The van der Waals surface area contributed by atoms with Gasteiger partial charge < -0.3 is 10.4 Å². The number of nitrogens with zero attached hydrogens (tertiary/aromatic N) is 3. The summed E-state index contributed by atoms with van der Waals surface area (Å²) in [5, 5.41) is 18.3. The number of nitrogens with one attached hydrogen (secondary N) is 1. The van der Waals surface area contributed by atoms with Crippen LogP contribution in [0.2, 0.25) is 0 Å². The maximum absolute atomic E-state index is 12.6. The Labute approximate surface area is 134 Å². The van der Waals surface area contributed by atoms with Gasteiger partial charge in [-0.1, -0.05) is 23.4 Å². The molecule has 1 aromatic carbocycles. The highest BCUT2D eigenvalue weighted by molar-refractivity contribution is 5.78. The number of benzene rings is 1. The lowest BCUT2D eigenvalue weighted by Crippen LogP contribution is -2.24. The molecular weight excluding hydrogens is 329 g/mol. The number of hydrogen-bond acceptors (Lipinski definition) is 4. The number of carbonyl (C=O) groups is 2. The van der Waals surface area contributed by atoms with Crippen LogP contribution < -0.4 is 5.32 Å². The topological polar surface area (TPSA) is 97.1 Å². The lowest BCUT2D eigenvalue weighted by atomic mass is 10.1. The highest BCUT2D eigenvalue weighted by Crippen LogP contribution is 2.29. The van der Waals surface area contributed by atoms with Crippen molar-refractivity contribution in [3.63, 3.8) is 0 Å². The van der Waals surface area contributed by atoms with Gasteiger partial charge in [0.2, 0.25) is 5.91 Å². The first-order valence-electron chi connectivity index (χ1n) is 6.77. The van der Waals surface area contributed by atoms with Crippen molar-refractivity contribution < 1.29 is 27.9 Å². The summed E-state index contributed by atoms with van der Waals surface area (Å²) in [4.78, 5) is 22.3. The van der Waals surface area contributed by atoms with E-state index >= 15 is 0 Å². The van der Waals surface area contributed by atoms with E-state index in [0.29, 0.717) is 5.69 Å². The van der Waals surface area contributed by atoms with Crippen molar-refractivity contribution in [3.8, 4) is 0 Å². The predicted molar refractivity (Wildman–Crippen MR) is 74.7 cm³/mol. The van der Waals surface area contributed by atoms with E-state index in [-0.39, 0.29) is 25.1 Å². The van der Waals surface area contributed by atoms with Crippen molar-refractivity contribution in [1.82, 2.24) is 20.3 Å². The highest BCUT2D eigenvalue weighted by atomic mass is 19.4. The zero-order chi connectivity index (χ0) is 17.7. The second kappa shape index (κ2) is 7.11. The van der Waals surface area contributed by atoms with Gasteiger partial charge in [-0.25, -0.2) is 4.68 Å². The van der Waals surface area contributed by atoms with Crippen molar-refractivity contribution in [2.45, 2.75) is 25.7 Å². The van der Waals surface area contributed by atoms with Gasteiger partial charge in [0, 0.05) is 0 Å². The number of aliphatic carboxylic acids is 1. The number of aromatic nitrogens is 3. The number of halogens is 3. The van der Waals surface area contributed by atoms with Crippen molar-refractivity contribution >= 4 is 11.9 Å². The van der Waals surface area contributed by atoms with E-state index in [1.807, 2.05) is 0 Å². The summed E-state index contributed by atoms with van der Waals surface area (Å²) >= 11 is 0. The number of hydrogen-bond donors (Lipinski definition) is 2. The summed E-state index contributed by atoms with van der Waals surface area (Å²) < 4.78 is 38.9. The second-order valence-corrected chi connectivity index (χ2v) is 4.95. The molecule has 0 fully saturated rings. The van der Waals surface area contributed by atoms with Crippen LogP contribution in [0.1, 0.15) is 16.8 Å². The standard InChI is InChI=1S/C14H13F3N4O3/c15-14(16,17)10-3-1-2-9(4-10)5-12(22)18-6-11-7-21(20-19-11)8-13(23)24/h1-4,7H,5-6,8H2,(H,18,22)(H,23,24). The molecule has 10 heteroatoms. The largest absolute Gasteiger partial charge is 0.480 e. The van der Waals surface area contributed by atoms with Crippen molar-refractivity contribution in [2.75, 3.05) is 0 Å². The number of alkyl halides is 3. The van der Waals surface area contributed by atoms with Crippen LogP contribution in [0, 0.1) is 0 Å². The average Bonchev–Trinajstić information content (AvgIpc) is 2.91. The summed E-state index contributed by atoms with van der Waals surface area (Å²) in [6, 6.07) is 4.52. The Morgan fingerprint density at radius 3 is 2.71 bits per heavy atom. The van der Waals surface area contributed by atoms with Gasteiger partial charge in [-0.3, -0.25) is 9.59 Å². The normalized spacial score (nSPS) is 11.3. The molecule has 128 valence electrons. The van der Waals surface area contributed by atoms with Crippen LogP contribution >= 0.6 is 0 Å². The Balaban J connectivity index is 1.89. The molecule has 0 unspecified atom stereocenters. The molecule has 0 atom stereocenters. The van der Waals surface area contributed by atoms with E-state index in [0.717, 1.165) is 16.8 Å². The van der Waals surface area contributed by atoms with Gasteiger partial charge in [0.05, 0.1) is 24.7 Å². The molecule has 1 amide bonds. The van der Waals surface area contributed by atoms with Crippen LogP contribution in [0.4, 0.5) is 13.2 Å². The average molecular weight is 342 g/mol. The lowest BCUT2D eigenvalue weighted by Gasteiger charge is -2.08. The number of amides is 1. The molecule has 2 rings (SSSR count). The minimum atomic E-state index is -4.46. The van der Waals surface area contributed by atoms with Crippen LogP contribution in [-0.4, -0.2) is 32.0 Å². The Morgan fingerprint density at radius 2 is 2.04 bits per heavy atom. The fraction of sp³-hybridized carbons (Fsp3) is 0.286. The molecule has 0 spiro atoms. The molecule has 0 aliphatic rings. The molecule has 0 saturated carbocycles. The summed E-state index contributed by atoms with van der Waals surface area (Å²) in [5.74, 6) is -1.57. The summed E-state index contributed by atoms with van der Waals surface area (Å²) in [6.07, 6.45) is -3.32. The number of carboxylic acid groups (broad SMARTS) is 1. The molecule has 7 nitrogen and oxygen atoms in total. The first-order chi connectivity index (χ1) is 11.2. The number of carboxylic acids is 1. The number of rotatable bonds is 6. The maximum atomic E-state index is 12.6. The first kappa shape index (κ1) is 17.4. The second-order valence-electron chi connectivity index (χ2n) is 4.95. The Bertz CT molecular complexity index is 743. The van der Waals surface area contributed by atoms with Gasteiger partial charge in [0.25, 0.3) is 0 Å². The zero-order valence-electron chi connectivity index (χ0n) is 12.2. The summed E-state index contributed by atoms with van der Waals surface area (Å²) in [7, 11) is 0. The van der Waals surface area contributed by atoms with Crippen LogP contribution in [0.25, 0.3) is 0 Å². The SMILES string of the molecule is O=C(O)Cn1cc(CNC(=O)Cc2cccc(C(F)(F)F)c2)nn1. The lowest BCUT2D eigenvalue weighted by molar-refractivity contribution is -0.138. The van der Waals surface area contributed by atoms with E-state index in [2.05, 4.69) is 15.6 Å². The molecule has 1 aromatic heterocycles. The fourth-order valence-electron chi connectivity index (χ4n) is 1.93. The first-order valence-corrected chi connectivity index (χ1v) is 6.77. The maximum Gasteiger partial charge on any atom is 0.416 e. The van der Waals surface area contributed by atoms with Gasteiger partial charge in [-0.05, 0) is 11.6 Å². The van der Waals surface area contributed by atoms with Crippen LogP contribution in [0.5, 0.6) is 0 Å². The molecule has 2 N–H and O–H groups in total. The van der Waals surface area contributed by atoms with Crippen molar-refractivity contribution in [2.24, 2.45) is 0 Å². The molecule has 0 radical (unpaired) electrons. The third kappa shape index (κ3) is 5.07. The molecule has 0 saturated heterocycles. The van der Waals surface area contributed by atoms with Gasteiger partial charge in [0.15, 0.2) is 0 Å². The molecule has 0 aliphatic carbocycles. The third-order valence-corrected chi connectivity index (χ3v) is 2.97. The quantitative estimate of drug-likeness (QED) is 0.823. The molecule has 0 bridgehead atoms.